The van der Waals surface area contributed by atoms with E-state index in [9.17, 15) is 9.13 Å². The minimum atomic E-state index is -1.94. The van der Waals surface area contributed by atoms with Crippen LogP contribution in [0.25, 0.3) is 0 Å². The first kappa shape index (κ1) is 25.5. The first-order chi connectivity index (χ1) is 11.9. The van der Waals surface area contributed by atoms with Gasteiger partial charge in [-0.3, -0.25) is 0 Å². The maximum absolute atomic E-state index is 13.1. The molecule has 0 saturated heterocycles. The molecule has 0 fully saturated rings. The van der Waals surface area contributed by atoms with Gasteiger partial charge in [-0.05, 0) is 38.5 Å². The average Bonchev–Trinajstić information content (AvgIpc) is 2.61. The van der Waals surface area contributed by atoms with Crippen LogP contribution in [0.1, 0.15) is 98.3 Å². The third kappa shape index (κ3) is 13.3. The van der Waals surface area contributed by atoms with Crippen molar-refractivity contribution in [1.29, 1.82) is 0 Å². The van der Waals surface area contributed by atoms with Crippen LogP contribution < -0.4 is 0 Å². The van der Waals surface area contributed by atoms with E-state index in [4.69, 9.17) is 0 Å². The molecule has 0 aliphatic carbocycles. The Hall–Kier alpha value is 0.460. The van der Waals surface area contributed by atoms with E-state index >= 15 is 0 Å². The van der Waals surface area contributed by atoms with Gasteiger partial charge in [0.05, 0.1) is 14.3 Å². The Bertz CT molecular complexity index is 333. The highest BCUT2D eigenvalue weighted by molar-refractivity contribution is 7.64. The maximum atomic E-state index is 13.1. The molecule has 0 rings (SSSR count). The van der Waals surface area contributed by atoms with Crippen LogP contribution in [-0.4, -0.2) is 37.0 Å². The summed E-state index contributed by atoms with van der Waals surface area (Å²) >= 11 is 0. The van der Waals surface area contributed by atoms with Crippen molar-refractivity contribution < 1.29 is 9.13 Å². The van der Waals surface area contributed by atoms with E-state index in [2.05, 4.69) is 27.7 Å². The normalized spacial score (nSPS) is 12.6. The fourth-order valence-electron chi connectivity index (χ4n) is 3.43. The topological polar surface area (TPSA) is 34.1 Å². The lowest BCUT2D eigenvalue weighted by molar-refractivity contribution is 0.563. The number of hydrogen-bond donors (Lipinski definition) is 0. The predicted molar refractivity (Wildman–Crippen MR) is 118 cm³/mol. The quantitative estimate of drug-likeness (QED) is 0.174. The summed E-state index contributed by atoms with van der Waals surface area (Å²) in [6.07, 6.45) is 18.0. The van der Waals surface area contributed by atoms with Crippen molar-refractivity contribution >= 4 is 14.3 Å². The molecule has 0 spiro atoms. The molecule has 25 heavy (non-hydrogen) atoms. The van der Waals surface area contributed by atoms with Crippen LogP contribution in [0, 0.1) is 0 Å². The second-order valence-corrected chi connectivity index (χ2v) is 14.8. The van der Waals surface area contributed by atoms with Gasteiger partial charge >= 0.3 is 0 Å². The molecule has 0 amide bonds. The van der Waals surface area contributed by atoms with Gasteiger partial charge in [-0.1, -0.05) is 59.8 Å². The molecule has 0 atom stereocenters. The van der Waals surface area contributed by atoms with Crippen molar-refractivity contribution in [1.82, 2.24) is 0 Å². The third-order valence-corrected chi connectivity index (χ3v) is 12.1. The van der Waals surface area contributed by atoms with E-state index in [0.717, 1.165) is 108 Å². The lowest BCUT2D eigenvalue weighted by Gasteiger charge is -2.19. The van der Waals surface area contributed by atoms with Crippen molar-refractivity contribution in [3.63, 3.8) is 0 Å². The predicted octanol–water partition coefficient (Wildman–Crippen LogP) is 8.08. The SMILES string of the molecule is CCCCP(=O)(CCCC)CCCCCP(=O)(CCCC)CCCC. The molecule has 0 aromatic heterocycles. The van der Waals surface area contributed by atoms with Crippen molar-refractivity contribution in [2.45, 2.75) is 98.3 Å². The largest absolute Gasteiger partial charge is 0.324 e. The van der Waals surface area contributed by atoms with E-state index in [0.29, 0.717) is 0 Å². The van der Waals surface area contributed by atoms with Gasteiger partial charge in [0.25, 0.3) is 0 Å². The Balaban J connectivity index is 4.26. The lowest BCUT2D eigenvalue weighted by Crippen LogP contribution is -2.03. The molecule has 0 aliphatic heterocycles. The molecule has 0 bridgehead atoms. The standard InChI is InChI=1S/C21H46O2P2/c1-5-9-16-24(22,17-10-6-2)20-14-13-15-21-25(23,18-11-7-3)19-12-8-4/h5-21H2,1-4H3. The van der Waals surface area contributed by atoms with Gasteiger partial charge in [0.15, 0.2) is 0 Å². The lowest BCUT2D eigenvalue weighted by atomic mass is 10.3. The van der Waals surface area contributed by atoms with Gasteiger partial charge in [0.2, 0.25) is 0 Å². The van der Waals surface area contributed by atoms with Crippen LogP contribution in [0.15, 0.2) is 0 Å². The smallest absolute Gasteiger partial charge is 0.0877 e. The van der Waals surface area contributed by atoms with Gasteiger partial charge < -0.3 is 9.13 Å². The first-order valence-electron chi connectivity index (χ1n) is 11.1. The van der Waals surface area contributed by atoms with E-state index in [1.807, 2.05) is 0 Å². The molecule has 0 saturated carbocycles. The summed E-state index contributed by atoms with van der Waals surface area (Å²) in [6, 6.07) is 0. The molecular formula is C21H46O2P2. The molecule has 0 heterocycles. The van der Waals surface area contributed by atoms with Gasteiger partial charge in [-0.25, -0.2) is 0 Å². The van der Waals surface area contributed by atoms with Crippen LogP contribution in [0.5, 0.6) is 0 Å². The highest BCUT2D eigenvalue weighted by atomic mass is 31.2. The molecule has 0 aromatic rings. The minimum Gasteiger partial charge on any atom is -0.324 e. The van der Waals surface area contributed by atoms with Gasteiger partial charge in [0.1, 0.15) is 0 Å². The summed E-state index contributed by atoms with van der Waals surface area (Å²) < 4.78 is 26.2. The van der Waals surface area contributed by atoms with Crippen molar-refractivity contribution in [3.05, 3.63) is 0 Å². The first-order valence-corrected chi connectivity index (χ1v) is 15.6. The van der Waals surface area contributed by atoms with Crippen LogP contribution in [0.3, 0.4) is 0 Å². The van der Waals surface area contributed by atoms with Crippen LogP contribution in [-0.2, 0) is 9.13 Å². The van der Waals surface area contributed by atoms with Gasteiger partial charge in [-0.15, -0.1) is 0 Å². The second-order valence-electron chi connectivity index (χ2n) is 7.93. The molecule has 0 aromatic carbocycles. The van der Waals surface area contributed by atoms with Gasteiger partial charge in [-0.2, -0.15) is 0 Å². The highest BCUT2D eigenvalue weighted by Crippen LogP contribution is 2.50. The summed E-state index contributed by atoms with van der Waals surface area (Å²) in [6.45, 7) is 8.76. The molecule has 0 aliphatic rings. The molecule has 0 radical (unpaired) electrons. The zero-order valence-corrected chi connectivity index (χ0v) is 19.5. The van der Waals surface area contributed by atoms with E-state index in [-0.39, 0.29) is 0 Å². The number of unbranched alkanes of at least 4 members (excludes halogenated alkanes) is 6. The number of rotatable bonds is 18. The zero-order valence-electron chi connectivity index (χ0n) is 17.7. The van der Waals surface area contributed by atoms with Crippen molar-refractivity contribution in [3.8, 4) is 0 Å². The van der Waals surface area contributed by atoms with Crippen LogP contribution in [0.4, 0.5) is 0 Å². The van der Waals surface area contributed by atoms with Gasteiger partial charge in [0, 0.05) is 37.0 Å². The Morgan fingerprint density at radius 2 is 0.640 bits per heavy atom. The molecule has 0 N–H and O–H groups in total. The second kappa shape index (κ2) is 15.5. The van der Waals surface area contributed by atoms with E-state index in [1.54, 1.807) is 0 Å². The molecule has 4 heteroatoms. The summed E-state index contributed by atoms with van der Waals surface area (Å²) in [4.78, 5) is 0. The van der Waals surface area contributed by atoms with Crippen molar-refractivity contribution in [2.75, 3.05) is 37.0 Å². The summed E-state index contributed by atoms with van der Waals surface area (Å²) in [5.74, 6) is 0. The summed E-state index contributed by atoms with van der Waals surface area (Å²) in [5.41, 5.74) is 0. The third-order valence-electron chi connectivity index (χ3n) is 5.31. The molecule has 2 nitrogen and oxygen atoms in total. The monoisotopic (exact) mass is 392 g/mol. The summed E-state index contributed by atoms with van der Waals surface area (Å²) in [7, 11) is -3.87. The fourth-order valence-corrected chi connectivity index (χ4v) is 9.94. The molecular weight excluding hydrogens is 346 g/mol. The Morgan fingerprint density at radius 3 is 0.880 bits per heavy atom. The van der Waals surface area contributed by atoms with Crippen LogP contribution in [0.2, 0.25) is 0 Å². The minimum absolute atomic E-state index is 0.932. The van der Waals surface area contributed by atoms with E-state index in [1.165, 1.54) is 0 Å². The van der Waals surface area contributed by atoms with Crippen molar-refractivity contribution in [2.24, 2.45) is 0 Å². The molecule has 0 unspecified atom stereocenters. The average molecular weight is 393 g/mol. The zero-order chi connectivity index (χ0) is 19.0. The Morgan fingerprint density at radius 1 is 0.400 bits per heavy atom. The fraction of sp³-hybridized carbons (Fsp3) is 1.00. The number of hydrogen-bond acceptors (Lipinski definition) is 2. The Kier molecular flexibility index (Phi) is 15.8. The van der Waals surface area contributed by atoms with Crippen LogP contribution >= 0.6 is 14.3 Å². The maximum Gasteiger partial charge on any atom is 0.0877 e. The molecule has 152 valence electrons. The van der Waals surface area contributed by atoms with E-state index < -0.39 is 14.3 Å². The Labute approximate surface area is 159 Å². The summed E-state index contributed by atoms with van der Waals surface area (Å²) in [5, 5.41) is 0. The highest BCUT2D eigenvalue weighted by Gasteiger charge is 2.22.